The number of rotatable bonds is 5. The molecule has 7 nitrogen and oxygen atoms in total. The van der Waals surface area contributed by atoms with E-state index in [2.05, 4.69) is 16.4 Å². The van der Waals surface area contributed by atoms with Crippen LogP contribution in [-0.4, -0.2) is 59.1 Å². The fourth-order valence-corrected chi connectivity index (χ4v) is 4.85. The Bertz CT molecular complexity index is 968. The molecule has 2 saturated heterocycles. The Morgan fingerprint density at radius 2 is 2.28 bits per heavy atom. The first-order chi connectivity index (χ1) is 14.2. The van der Waals surface area contributed by atoms with Crippen molar-refractivity contribution in [3.8, 4) is 6.07 Å². The normalized spacial score (nSPS) is 21.3. The van der Waals surface area contributed by atoms with Crippen molar-refractivity contribution in [3.05, 3.63) is 41.6 Å². The molecular weight excluding hydrogens is 388 g/mol. The molecule has 3 heterocycles. The smallest absolute Gasteiger partial charge is 0.252 e. The first-order valence-electron chi connectivity index (χ1n) is 9.66. The number of nitriles is 1. The monoisotopic (exact) mass is 410 g/mol. The third-order valence-electron chi connectivity index (χ3n) is 5.35. The van der Waals surface area contributed by atoms with E-state index in [0.29, 0.717) is 23.1 Å². The van der Waals surface area contributed by atoms with Gasteiger partial charge in [0.2, 0.25) is 5.91 Å². The number of benzene rings is 1. The average Bonchev–Trinajstić information content (AvgIpc) is 3.43. The van der Waals surface area contributed by atoms with Crippen molar-refractivity contribution in [2.75, 3.05) is 31.4 Å². The molecule has 1 aromatic carbocycles. The summed E-state index contributed by atoms with van der Waals surface area (Å²) in [6.45, 7) is 1.46. The minimum Gasteiger partial charge on any atom is -0.381 e. The van der Waals surface area contributed by atoms with E-state index in [0.717, 1.165) is 42.5 Å². The van der Waals surface area contributed by atoms with Crippen molar-refractivity contribution in [2.45, 2.75) is 18.9 Å². The number of thioether (sulfide) groups is 1. The summed E-state index contributed by atoms with van der Waals surface area (Å²) < 4.78 is 5.46. The molecule has 0 bridgehead atoms. The molecule has 4 rings (SSSR count). The van der Waals surface area contributed by atoms with E-state index >= 15 is 0 Å². The van der Waals surface area contributed by atoms with E-state index in [4.69, 9.17) is 10.00 Å². The summed E-state index contributed by atoms with van der Waals surface area (Å²) in [6.07, 6.45) is 3.57. The number of hydrogen-bond donors (Lipinski definition) is 1. The van der Waals surface area contributed by atoms with Crippen LogP contribution in [0, 0.1) is 17.2 Å². The van der Waals surface area contributed by atoms with Gasteiger partial charge in [0.15, 0.2) is 0 Å². The van der Waals surface area contributed by atoms with Gasteiger partial charge in [-0.3, -0.25) is 14.6 Å². The zero-order valence-electron chi connectivity index (χ0n) is 16.0. The Labute approximate surface area is 173 Å². The molecule has 0 radical (unpaired) electrons. The minimum absolute atomic E-state index is 0.125. The average molecular weight is 410 g/mol. The minimum atomic E-state index is -0.423. The number of nitrogens with zero attached hydrogens (tertiary/aromatic N) is 3. The van der Waals surface area contributed by atoms with Gasteiger partial charge < -0.3 is 15.0 Å². The van der Waals surface area contributed by atoms with Gasteiger partial charge >= 0.3 is 0 Å². The predicted molar refractivity (Wildman–Crippen MR) is 110 cm³/mol. The van der Waals surface area contributed by atoms with E-state index in [1.54, 1.807) is 24.0 Å². The first-order valence-corrected chi connectivity index (χ1v) is 10.8. The number of aromatic nitrogens is 1. The van der Waals surface area contributed by atoms with E-state index in [1.165, 1.54) is 4.90 Å². The van der Waals surface area contributed by atoms with Gasteiger partial charge in [-0.2, -0.15) is 5.26 Å². The molecule has 2 aromatic rings. The molecule has 2 aliphatic rings. The summed E-state index contributed by atoms with van der Waals surface area (Å²) >= 11 is 1.54. The van der Waals surface area contributed by atoms with Gasteiger partial charge in [0.05, 0.1) is 29.6 Å². The lowest BCUT2D eigenvalue weighted by molar-refractivity contribution is -0.129. The maximum absolute atomic E-state index is 12.8. The fraction of sp³-hybridized carbons (Fsp3) is 0.429. The quantitative estimate of drug-likeness (QED) is 0.810. The highest BCUT2D eigenvalue weighted by atomic mass is 32.2. The van der Waals surface area contributed by atoms with Gasteiger partial charge in [-0.1, -0.05) is 6.07 Å². The molecule has 1 N–H and O–H groups in total. The molecule has 29 heavy (non-hydrogen) atoms. The summed E-state index contributed by atoms with van der Waals surface area (Å²) in [6, 6.07) is 9.37. The van der Waals surface area contributed by atoms with Gasteiger partial charge in [0.1, 0.15) is 6.04 Å². The summed E-state index contributed by atoms with van der Waals surface area (Å²) in [5.74, 6) is 1.05. The highest BCUT2D eigenvalue weighted by Gasteiger charge is 2.29. The third kappa shape index (κ3) is 4.36. The maximum atomic E-state index is 12.8. The lowest BCUT2D eigenvalue weighted by Gasteiger charge is -2.18. The maximum Gasteiger partial charge on any atom is 0.252 e. The fourth-order valence-electron chi connectivity index (χ4n) is 3.74. The van der Waals surface area contributed by atoms with E-state index in [9.17, 15) is 9.59 Å². The number of pyridine rings is 1. The predicted octanol–water partition coefficient (Wildman–Crippen LogP) is 1.97. The van der Waals surface area contributed by atoms with Crippen LogP contribution in [0.1, 0.15) is 22.3 Å². The molecule has 0 saturated carbocycles. The molecule has 0 unspecified atom stereocenters. The number of hydrogen-bond acceptors (Lipinski definition) is 6. The van der Waals surface area contributed by atoms with Crippen LogP contribution in [0.5, 0.6) is 0 Å². The lowest BCUT2D eigenvalue weighted by atomic mass is 9.96. The van der Waals surface area contributed by atoms with Crippen LogP contribution < -0.4 is 5.32 Å². The third-order valence-corrected chi connectivity index (χ3v) is 6.36. The Kier molecular flexibility index (Phi) is 5.97. The Balaban J connectivity index is 1.47. The largest absolute Gasteiger partial charge is 0.381 e. The van der Waals surface area contributed by atoms with Crippen LogP contribution in [0.2, 0.25) is 0 Å². The molecule has 2 aliphatic heterocycles. The van der Waals surface area contributed by atoms with Crippen LogP contribution in [0.25, 0.3) is 10.9 Å². The number of amides is 2. The lowest BCUT2D eigenvalue weighted by Crippen LogP contribution is -2.42. The van der Waals surface area contributed by atoms with Gasteiger partial charge in [-0.25, -0.2) is 0 Å². The topological polar surface area (TPSA) is 95.3 Å². The second-order valence-corrected chi connectivity index (χ2v) is 8.33. The zero-order chi connectivity index (χ0) is 20.2. The zero-order valence-corrected chi connectivity index (χ0v) is 16.8. The van der Waals surface area contributed by atoms with Crippen LogP contribution in [0.4, 0.5) is 0 Å². The summed E-state index contributed by atoms with van der Waals surface area (Å²) in [5, 5.41) is 12.6. The van der Waals surface area contributed by atoms with Crippen LogP contribution in [-0.2, 0) is 16.0 Å². The van der Waals surface area contributed by atoms with Gasteiger partial charge in [-0.05, 0) is 42.5 Å². The van der Waals surface area contributed by atoms with Crippen molar-refractivity contribution < 1.29 is 14.3 Å². The van der Waals surface area contributed by atoms with Crippen molar-refractivity contribution >= 4 is 34.5 Å². The van der Waals surface area contributed by atoms with Crippen molar-refractivity contribution in [3.63, 3.8) is 0 Å². The SMILES string of the molecule is N#C[C@@H]1CSCN1C(=O)CNC(=O)c1ccnc2ccc(C[C@@H]3CCOC3)cc12. The second-order valence-electron chi connectivity index (χ2n) is 7.33. The second kappa shape index (κ2) is 8.80. The van der Waals surface area contributed by atoms with Crippen molar-refractivity contribution in [2.24, 2.45) is 5.92 Å². The van der Waals surface area contributed by atoms with E-state index in [1.807, 2.05) is 18.2 Å². The highest BCUT2D eigenvalue weighted by molar-refractivity contribution is 7.99. The van der Waals surface area contributed by atoms with Crippen LogP contribution >= 0.6 is 11.8 Å². The van der Waals surface area contributed by atoms with Crippen molar-refractivity contribution in [1.82, 2.24) is 15.2 Å². The summed E-state index contributed by atoms with van der Waals surface area (Å²) in [7, 11) is 0. The number of ether oxygens (including phenoxy) is 1. The Morgan fingerprint density at radius 3 is 3.07 bits per heavy atom. The molecular formula is C21H22N4O3S. The number of fused-ring (bicyclic) bond motifs is 1. The molecule has 1 aromatic heterocycles. The molecule has 0 spiro atoms. The van der Waals surface area contributed by atoms with Gasteiger partial charge in [0, 0.05) is 30.5 Å². The van der Waals surface area contributed by atoms with Crippen molar-refractivity contribution in [1.29, 1.82) is 5.26 Å². The Hall–Kier alpha value is -2.63. The van der Waals surface area contributed by atoms with E-state index in [-0.39, 0.29) is 18.4 Å². The molecule has 2 amide bonds. The van der Waals surface area contributed by atoms with Crippen LogP contribution in [0.3, 0.4) is 0 Å². The summed E-state index contributed by atoms with van der Waals surface area (Å²) in [4.78, 5) is 31.0. The molecule has 8 heteroatoms. The molecule has 2 fully saturated rings. The van der Waals surface area contributed by atoms with Gasteiger partial charge in [-0.15, -0.1) is 11.8 Å². The Morgan fingerprint density at radius 1 is 1.38 bits per heavy atom. The van der Waals surface area contributed by atoms with Crippen LogP contribution in [0.15, 0.2) is 30.5 Å². The standard InChI is InChI=1S/C21H22N4O3S/c22-9-16-12-29-13-25(16)20(26)10-24-21(27)17-3-5-23-19-2-1-14(8-18(17)19)7-15-4-6-28-11-15/h1-3,5,8,15-16H,4,6-7,10-13H2,(H,24,27)/t15-,16+/m0/s1. The van der Waals surface area contributed by atoms with E-state index < -0.39 is 6.04 Å². The number of carbonyl (C=O) groups excluding carboxylic acids is 2. The molecule has 0 aliphatic carbocycles. The number of carbonyl (C=O) groups is 2. The number of nitrogens with one attached hydrogen (secondary N) is 1. The molecule has 2 atom stereocenters. The first kappa shape index (κ1) is 19.7. The highest BCUT2D eigenvalue weighted by Crippen LogP contribution is 2.23. The molecule has 150 valence electrons. The van der Waals surface area contributed by atoms with Gasteiger partial charge in [0.25, 0.3) is 5.91 Å². The summed E-state index contributed by atoms with van der Waals surface area (Å²) in [5.41, 5.74) is 2.40.